The molecule has 2 aliphatic heterocycles. The summed E-state index contributed by atoms with van der Waals surface area (Å²) in [6.07, 6.45) is 0.763. The second kappa shape index (κ2) is 7.82. The van der Waals surface area contributed by atoms with Crippen molar-refractivity contribution in [2.45, 2.75) is 46.0 Å². The SMILES string of the molecule is COC(=O)C1=C(N)N(c2ccc(C)cc2C)C2=C(C(=O)CC(C)(C)C2)C12C(=O)N(C)c1ccccc12. The van der Waals surface area contributed by atoms with Crippen LogP contribution in [0.15, 0.2) is 65.1 Å². The first-order chi connectivity index (χ1) is 17.0. The van der Waals surface area contributed by atoms with Crippen molar-refractivity contribution in [3.63, 3.8) is 0 Å². The molecule has 0 bridgehead atoms. The number of carbonyl (C=O) groups excluding carboxylic acids is 3. The number of benzene rings is 2. The number of amides is 1. The van der Waals surface area contributed by atoms with Crippen molar-refractivity contribution in [3.8, 4) is 0 Å². The van der Waals surface area contributed by atoms with E-state index in [-0.39, 0.29) is 34.9 Å². The number of ketones is 1. The lowest BCUT2D eigenvalue weighted by Gasteiger charge is -2.47. The number of allylic oxidation sites excluding steroid dienone is 1. The van der Waals surface area contributed by atoms with E-state index in [1.807, 2.05) is 64.1 Å². The number of ether oxygens (including phenoxy) is 1. The van der Waals surface area contributed by atoms with Crippen LogP contribution >= 0.6 is 0 Å². The molecule has 1 unspecified atom stereocenters. The van der Waals surface area contributed by atoms with E-state index < -0.39 is 11.4 Å². The monoisotopic (exact) mass is 485 g/mol. The Morgan fingerprint density at radius 2 is 1.72 bits per heavy atom. The number of nitrogens with zero attached hydrogens (tertiary/aromatic N) is 2. The molecule has 186 valence electrons. The summed E-state index contributed by atoms with van der Waals surface area (Å²) in [5.41, 5.74) is 9.82. The number of Topliss-reactive ketones (excluding diaryl/α,β-unsaturated/α-hetero) is 1. The molecule has 5 rings (SSSR count). The third kappa shape index (κ3) is 3.01. The molecule has 7 heteroatoms. The van der Waals surface area contributed by atoms with Gasteiger partial charge in [-0.3, -0.25) is 14.5 Å². The molecule has 7 nitrogen and oxygen atoms in total. The molecular formula is C29H31N3O4. The van der Waals surface area contributed by atoms with Gasteiger partial charge in [0.25, 0.3) is 0 Å². The molecule has 2 heterocycles. The molecule has 0 saturated carbocycles. The Kier molecular flexibility index (Phi) is 5.18. The van der Waals surface area contributed by atoms with Crippen LogP contribution in [0.25, 0.3) is 0 Å². The predicted molar refractivity (Wildman–Crippen MR) is 138 cm³/mol. The summed E-state index contributed by atoms with van der Waals surface area (Å²) in [5.74, 6) is -1.17. The first-order valence-electron chi connectivity index (χ1n) is 12.1. The average Bonchev–Trinajstić information content (AvgIpc) is 3.02. The van der Waals surface area contributed by atoms with Crippen LogP contribution in [0, 0.1) is 19.3 Å². The molecular weight excluding hydrogens is 454 g/mol. The number of rotatable bonds is 2. The summed E-state index contributed by atoms with van der Waals surface area (Å²) in [4.78, 5) is 45.2. The molecule has 2 N–H and O–H groups in total. The highest BCUT2D eigenvalue weighted by Crippen LogP contribution is 2.58. The Balaban J connectivity index is 1.96. The van der Waals surface area contributed by atoms with Crippen LogP contribution in [0.5, 0.6) is 0 Å². The number of hydrogen-bond donors (Lipinski definition) is 1. The molecule has 1 aliphatic carbocycles. The van der Waals surface area contributed by atoms with Crippen LogP contribution in [0.4, 0.5) is 11.4 Å². The van der Waals surface area contributed by atoms with Crippen molar-refractivity contribution in [1.82, 2.24) is 0 Å². The largest absolute Gasteiger partial charge is 0.466 e. The van der Waals surface area contributed by atoms with Gasteiger partial charge in [0.1, 0.15) is 16.8 Å². The summed E-state index contributed by atoms with van der Waals surface area (Å²) in [6, 6.07) is 13.2. The fourth-order valence-corrected chi connectivity index (χ4v) is 6.21. The average molecular weight is 486 g/mol. The van der Waals surface area contributed by atoms with Crippen molar-refractivity contribution in [2.75, 3.05) is 24.0 Å². The third-order valence-corrected chi connectivity index (χ3v) is 7.65. The zero-order valence-corrected chi connectivity index (χ0v) is 21.6. The first kappa shape index (κ1) is 23.9. The van der Waals surface area contributed by atoms with Gasteiger partial charge < -0.3 is 15.4 Å². The Morgan fingerprint density at radius 1 is 1.03 bits per heavy atom. The van der Waals surface area contributed by atoms with Crippen LogP contribution in [0.3, 0.4) is 0 Å². The summed E-state index contributed by atoms with van der Waals surface area (Å²) < 4.78 is 5.23. The minimum absolute atomic E-state index is 0.0152. The second-order valence-corrected chi connectivity index (χ2v) is 10.8. The molecule has 0 radical (unpaired) electrons. The number of carbonyl (C=O) groups is 3. The fourth-order valence-electron chi connectivity index (χ4n) is 6.21. The second-order valence-electron chi connectivity index (χ2n) is 10.8. The number of hydrogen-bond acceptors (Lipinski definition) is 6. The van der Waals surface area contributed by atoms with Gasteiger partial charge in [0, 0.05) is 36.0 Å². The maximum Gasteiger partial charge on any atom is 0.339 e. The minimum Gasteiger partial charge on any atom is -0.466 e. The van der Waals surface area contributed by atoms with Gasteiger partial charge in [-0.2, -0.15) is 0 Å². The standard InChI is InChI=1S/C29H31N3O4/c1-16-11-12-19(17(2)13-16)32-21-14-28(3,4)15-22(33)23(21)29(24(25(32)30)26(34)36-6)18-9-7-8-10-20(18)31(5)27(29)35/h7-13H,14-15,30H2,1-6H3. The van der Waals surface area contributed by atoms with Gasteiger partial charge in [0.15, 0.2) is 5.78 Å². The van der Waals surface area contributed by atoms with Crippen LogP contribution in [0.1, 0.15) is 43.4 Å². The lowest BCUT2D eigenvalue weighted by molar-refractivity contribution is -0.138. The van der Waals surface area contributed by atoms with Gasteiger partial charge in [0.2, 0.25) is 5.91 Å². The normalized spacial score (nSPS) is 22.8. The number of esters is 1. The molecule has 2 aromatic carbocycles. The maximum absolute atomic E-state index is 14.3. The highest BCUT2D eigenvalue weighted by Gasteiger charge is 2.64. The quantitative estimate of drug-likeness (QED) is 0.646. The summed E-state index contributed by atoms with van der Waals surface area (Å²) in [6.45, 7) is 8.04. The smallest absolute Gasteiger partial charge is 0.339 e. The van der Waals surface area contributed by atoms with E-state index in [0.29, 0.717) is 28.9 Å². The van der Waals surface area contributed by atoms with Crippen molar-refractivity contribution in [2.24, 2.45) is 11.1 Å². The molecule has 1 amide bonds. The van der Waals surface area contributed by atoms with E-state index in [1.165, 1.54) is 12.0 Å². The molecule has 0 fully saturated rings. The summed E-state index contributed by atoms with van der Waals surface area (Å²) in [7, 11) is 2.93. The number of fused-ring (bicyclic) bond motifs is 3. The predicted octanol–water partition coefficient (Wildman–Crippen LogP) is 4.02. The van der Waals surface area contributed by atoms with Crippen molar-refractivity contribution in [1.29, 1.82) is 0 Å². The van der Waals surface area contributed by atoms with E-state index in [4.69, 9.17) is 10.5 Å². The number of methoxy groups -OCH3 is 1. The van der Waals surface area contributed by atoms with Gasteiger partial charge in [-0.15, -0.1) is 0 Å². The summed E-state index contributed by atoms with van der Waals surface area (Å²) >= 11 is 0. The van der Waals surface area contributed by atoms with Crippen molar-refractivity contribution < 1.29 is 19.1 Å². The first-order valence-corrected chi connectivity index (χ1v) is 12.1. The van der Waals surface area contributed by atoms with E-state index in [9.17, 15) is 14.4 Å². The lowest BCUT2D eigenvalue weighted by Crippen LogP contribution is -2.55. The topological polar surface area (TPSA) is 92.9 Å². The van der Waals surface area contributed by atoms with Gasteiger partial charge in [-0.05, 0) is 43.4 Å². The number of para-hydroxylation sites is 1. The van der Waals surface area contributed by atoms with Gasteiger partial charge in [-0.1, -0.05) is 49.7 Å². The van der Waals surface area contributed by atoms with E-state index in [2.05, 4.69) is 0 Å². The Labute approximate surface area is 211 Å². The van der Waals surface area contributed by atoms with Crippen molar-refractivity contribution >= 4 is 29.0 Å². The minimum atomic E-state index is -1.67. The number of anilines is 2. The molecule has 2 aromatic rings. The Morgan fingerprint density at radius 3 is 2.39 bits per heavy atom. The van der Waals surface area contributed by atoms with Crippen LogP contribution in [-0.4, -0.2) is 31.8 Å². The molecule has 1 atom stereocenters. The zero-order valence-electron chi connectivity index (χ0n) is 21.6. The highest BCUT2D eigenvalue weighted by atomic mass is 16.5. The molecule has 0 aromatic heterocycles. The van der Waals surface area contributed by atoms with Crippen LogP contribution in [0.2, 0.25) is 0 Å². The molecule has 3 aliphatic rings. The maximum atomic E-state index is 14.3. The molecule has 1 spiro atoms. The van der Waals surface area contributed by atoms with E-state index in [1.54, 1.807) is 18.0 Å². The van der Waals surface area contributed by atoms with Crippen LogP contribution < -0.4 is 15.5 Å². The number of likely N-dealkylation sites (N-methyl/N-ethyl adjacent to an activating group) is 1. The van der Waals surface area contributed by atoms with Gasteiger partial charge in [-0.25, -0.2) is 4.79 Å². The Hall–Kier alpha value is -3.87. The van der Waals surface area contributed by atoms with E-state index >= 15 is 0 Å². The van der Waals surface area contributed by atoms with Crippen LogP contribution in [-0.2, 0) is 24.5 Å². The summed E-state index contributed by atoms with van der Waals surface area (Å²) in [5, 5.41) is 0. The lowest BCUT2D eigenvalue weighted by atomic mass is 9.60. The highest BCUT2D eigenvalue weighted by molar-refractivity contribution is 6.24. The molecule has 36 heavy (non-hydrogen) atoms. The van der Waals surface area contributed by atoms with Crippen molar-refractivity contribution in [3.05, 3.63) is 81.8 Å². The van der Waals surface area contributed by atoms with Gasteiger partial charge in [0.05, 0.1) is 12.8 Å². The zero-order chi connectivity index (χ0) is 26.2. The van der Waals surface area contributed by atoms with E-state index in [0.717, 1.165) is 16.8 Å². The number of aryl methyl sites for hydroxylation is 2. The fraction of sp³-hybridized carbons (Fsp3) is 0.345. The van der Waals surface area contributed by atoms with Gasteiger partial charge >= 0.3 is 5.97 Å². The third-order valence-electron chi connectivity index (χ3n) is 7.65. The molecule has 0 saturated heterocycles. The Bertz CT molecular complexity index is 1420. The number of nitrogens with two attached hydrogens (primary N) is 1.